The van der Waals surface area contributed by atoms with E-state index in [4.69, 9.17) is 4.74 Å². The SMILES string of the molecule is CCOC(=O)Cc1ccc(NC(=O)NCCC2CCN(S(=O)(=O)c3ccc(F)cc3)CC2)cc1. The zero-order chi connectivity index (χ0) is 24.6. The van der Waals surface area contributed by atoms with Crippen molar-refractivity contribution in [1.29, 1.82) is 0 Å². The van der Waals surface area contributed by atoms with Crippen molar-refractivity contribution in [3.63, 3.8) is 0 Å². The van der Waals surface area contributed by atoms with Crippen LogP contribution in [0.4, 0.5) is 14.9 Å². The molecule has 10 heteroatoms. The lowest BCUT2D eigenvalue weighted by atomic mass is 9.95. The number of esters is 1. The van der Waals surface area contributed by atoms with Gasteiger partial charge in [0.25, 0.3) is 0 Å². The van der Waals surface area contributed by atoms with Crippen LogP contribution in [0.15, 0.2) is 53.4 Å². The monoisotopic (exact) mass is 491 g/mol. The Labute approximate surface area is 199 Å². The summed E-state index contributed by atoms with van der Waals surface area (Å²) >= 11 is 0. The number of nitrogens with one attached hydrogen (secondary N) is 2. The van der Waals surface area contributed by atoms with Crippen molar-refractivity contribution in [2.45, 2.75) is 37.5 Å². The van der Waals surface area contributed by atoms with Gasteiger partial charge >= 0.3 is 12.0 Å². The number of piperidine rings is 1. The van der Waals surface area contributed by atoms with Gasteiger partial charge in [-0.2, -0.15) is 4.31 Å². The van der Waals surface area contributed by atoms with Gasteiger partial charge in [-0.3, -0.25) is 4.79 Å². The third-order valence-electron chi connectivity index (χ3n) is 5.73. The van der Waals surface area contributed by atoms with Gasteiger partial charge in [-0.25, -0.2) is 17.6 Å². The van der Waals surface area contributed by atoms with Crippen molar-refractivity contribution >= 4 is 27.7 Å². The summed E-state index contributed by atoms with van der Waals surface area (Å²) in [4.78, 5) is 23.8. The van der Waals surface area contributed by atoms with Crippen molar-refractivity contribution in [1.82, 2.24) is 9.62 Å². The maximum Gasteiger partial charge on any atom is 0.319 e. The molecule has 184 valence electrons. The van der Waals surface area contributed by atoms with Crippen LogP contribution in [-0.4, -0.2) is 51.0 Å². The molecule has 1 fully saturated rings. The summed E-state index contributed by atoms with van der Waals surface area (Å²) in [5.74, 6) is -0.456. The normalized spacial score (nSPS) is 15.0. The third-order valence-corrected chi connectivity index (χ3v) is 7.64. The number of hydrogen-bond donors (Lipinski definition) is 2. The maximum absolute atomic E-state index is 13.1. The molecule has 0 aromatic heterocycles. The van der Waals surface area contributed by atoms with Crippen LogP contribution in [-0.2, 0) is 26.0 Å². The molecular weight excluding hydrogens is 461 g/mol. The van der Waals surface area contributed by atoms with Crippen LogP contribution in [0.5, 0.6) is 0 Å². The number of carbonyl (C=O) groups excluding carboxylic acids is 2. The first-order valence-electron chi connectivity index (χ1n) is 11.3. The van der Waals surface area contributed by atoms with Crippen LogP contribution < -0.4 is 10.6 Å². The topological polar surface area (TPSA) is 105 Å². The molecule has 3 rings (SSSR count). The molecule has 0 atom stereocenters. The van der Waals surface area contributed by atoms with Crippen molar-refractivity contribution < 1.29 is 27.1 Å². The average Bonchev–Trinajstić information content (AvgIpc) is 2.81. The van der Waals surface area contributed by atoms with Gasteiger partial charge in [-0.05, 0) is 74.1 Å². The number of halogens is 1. The van der Waals surface area contributed by atoms with E-state index in [0.717, 1.165) is 24.1 Å². The molecule has 2 aromatic rings. The number of urea groups is 1. The summed E-state index contributed by atoms with van der Waals surface area (Å²) in [7, 11) is -3.62. The van der Waals surface area contributed by atoms with Crippen molar-refractivity contribution in [3.8, 4) is 0 Å². The number of ether oxygens (including phenoxy) is 1. The van der Waals surface area contributed by atoms with E-state index < -0.39 is 15.8 Å². The molecule has 0 radical (unpaired) electrons. The molecule has 2 N–H and O–H groups in total. The largest absolute Gasteiger partial charge is 0.466 e. The van der Waals surface area contributed by atoms with Gasteiger partial charge in [-0.15, -0.1) is 0 Å². The number of amides is 2. The minimum Gasteiger partial charge on any atom is -0.466 e. The summed E-state index contributed by atoms with van der Waals surface area (Å²) in [6.07, 6.45) is 2.33. The summed E-state index contributed by atoms with van der Waals surface area (Å²) in [5, 5.41) is 5.58. The highest BCUT2D eigenvalue weighted by molar-refractivity contribution is 7.89. The van der Waals surface area contributed by atoms with E-state index >= 15 is 0 Å². The highest BCUT2D eigenvalue weighted by atomic mass is 32.2. The number of nitrogens with zero attached hydrogens (tertiary/aromatic N) is 1. The Morgan fingerprint density at radius 1 is 1.06 bits per heavy atom. The van der Waals surface area contributed by atoms with E-state index in [1.807, 2.05) is 0 Å². The Morgan fingerprint density at radius 3 is 2.32 bits per heavy atom. The Morgan fingerprint density at radius 2 is 1.71 bits per heavy atom. The van der Waals surface area contributed by atoms with E-state index in [1.54, 1.807) is 31.2 Å². The second kappa shape index (κ2) is 11.9. The quantitative estimate of drug-likeness (QED) is 0.522. The molecule has 0 unspecified atom stereocenters. The van der Waals surface area contributed by atoms with Gasteiger partial charge in [0.2, 0.25) is 10.0 Å². The first-order valence-corrected chi connectivity index (χ1v) is 12.8. The number of benzene rings is 2. The highest BCUT2D eigenvalue weighted by Crippen LogP contribution is 2.25. The lowest BCUT2D eigenvalue weighted by Gasteiger charge is -2.31. The van der Waals surface area contributed by atoms with Gasteiger partial charge in [0, 0.05) is 25.3 Å². The van der Waals surface area contributed by atoms with Gasteiger partial charge in [0.1, 0.15) is 5.82 Å². The number of rotatable bonds is 9. The van der Waals surface area contributed by atoms with Crippen LogP contribution in [0.1, 0.15) is 31.7 Å². The predicted molar refractivity (Wildman–Crippen MR) is 126 cm³/mol. The molecule has 1 saturated heterocycles. The van der Waals surface area contributed by atoms with Crippen molar-refractivity contribution in [2.24, 2.45) is 5.92 Å². The van der Waals surface area contributed by atoms with Crippen molar-refractivity contribution in [2.75, 3.05) is 31.6 Å². The molecular formula is C24H30FN3O5S. The molecule has 1 heterocycles. The van der Waals surface area contributed by atoms with E-state index in [0.29, 0.717) is 50.7 Å². The van der Waals surface area contributed by atoms with Gasteiger partial charge in [0.15, 0.2) is 0 Å². The van der Waals surface area contributed by atoms with Crippen molar-refractivity contribution in [3.05, 3.63) is 59.9 Å². The number of sulfonamides is 1. The number of hydrogen-bond acceptors (Lipinski definition) is 5. The smallest absolute Gasteiger partial charge is 0.319 e. The second-order valence-electron chi connectivity index (χ2n) is 8.15. The Bertz CT molecular complexity index is 1070. The Hall–Kier alpha value is -2.98. The maximum atomic E-state index is 13.1. The summed E-state index contributed by atoms with van der Waals surface area (Å²) in [5.41, 5.74) is 1.42. The van der Waals surface area contributed by atoms with E-state index in [9.17, 15) is 22.4 Å². The molecule has 1 aliphatic heterocycles. The molecule has 1 aliphatic rings. The zero-order valence-electron chi connectivity index (χ0n) is 19.1. The minimum absolute atomic E-state index is 0.0969. The lowest BCUT2D eigenvalue weighted by molar-refractivity contribution is -0.142. The predicted octanol–water partition coefficient (Wildman–Crippen LogP) is 3.54. The molecule has 34 heavy (non-hydrogen) atoms. The standard InChI is InChI=1S/C24H30FN3O5S/c1-2-33-23(29)17-19-3-7-21(8-4-19)27-24(30)26-14-11-18-12-15-28(16-13-18)34(31,32)22-9-5-20(25)6-10-22/h3-10,18H,2,11-17H2,1H3,(H2,26,27,30). The minimum atomic E-state index is -3.62. The average molecular weight is 492 g/mol. The van der Waals surface area contributed by atoms with Gasteiger partial charge in [0.05, 0.1) is 17.9 Å². The molecule has 0 aliphatic carbocycles. The van der Waals surface area contributed by atoms with E-state index in [1.165, 1.54) is 16.4 Å². The molecule has 0 bridgehead atoms. The second-order valence-corrected chi connectivity index (χ2v) is 10.1. The third kappa shape index (κ3) is 7.26. The number of anilines is 1. The van der Waals surface area contributed by atoms with Gasteiger partial charge in [-0.1, -0.05) is 12.1 Å². The fourth-order valence-electron chi connectivity index (χ4n) is 3.84. The van der Waals surface area contributed by atoms with Crippen LogP contribution in [0.2, 0.25) is 0 Å². The molecule has 8 nitrogen and oxygen atoms in total. The number of carbonyl (C=O) groups is 2. The lowest BCUT2D eigenvalue weighted by Crippen LogP contribution is -2.39. The van der Waals surface area contributed by atoms with Crippen LogP contribution in [0.25, 0.3) is 0 Å². The highest BCUT2D eigenvalue weighted by Gasteiger charge is 2.29. The molecule has 2 aromatic carbocycles. The summed E-state index contributed by atoms with van der Waals surface area (Å²) in [6.45, 7) is 3.37. The van der Waals surface area contributed by atoms with Crippen LogP contribution >= 0.6 is 0 Å². The Balaban J connectivity index is 1.37. The fraction of sp³-hybridized carbons (Fsp3) is 0.417. The summed E-state index contributed by atoms with van der Waals surface area (Å²) < 4.78 is 44.8. The van der Waals surface area contributed by atoms with E-state index in [-0.39, 0.29) is 23.3 Å². The fourth-order valence-corrected chi connectivity index (χ4v) is 5.31. The van der Waals surface area contributed by atoms with Crippen LogP contribution in [0, 0.1) is 11.7 Å². The molecule has 0 spiro atoms. The first-order chi connectivity index (χ1) is 16.3. The first kappa shape index (κ1) is 25.6. The van der Waals surface area contributed by atoms with Crippen LogP contribution in [0.3, 0.4) is 0 Å². The van der Waals surface area contributed by atoms with Gasteiger partial charge < -0.3 is 15.4 Å². The summed E-state index contributed by atoms with van der Waals surface area (Å²) in [6, 6.07) is 11.5. The molecule has 2 amide bonds. The molecule has 0 saturated carbocycles. The zero-order valence-corrected chi connectivity index (χ0v) is 19.9. The Kier molecular flexibility index (Phi) is 9.00. The van der Waals surface area contributed by atoms with E-state index in [2.05, 4.69) is 10.6 Å².